The van der Waals surface area contributed by atoms with Gasteiger partial charge in [0.2, 0.25) is 5.91 Å². The van der Waals surface area contributed by atoms with E-state index < -0.39 is 5.97 Å². The summed E-state index contributed by atoms with van der Waals surface area (Å²) in [5, 5.41) is 14.3. The number of benzene rings is 1. The first-order valence-corrected chi connectivity index (χ1v) is 6.56. The van der Waals surface area contributed by atoms with Crippen LogP contribution in [-0.2, 0) is 4.79 Å². The van der Waals surface area contributed by atoms with Crippen molar-refractivity contribution < 1.29 is 14.7 Å². The molecule has 5 nitrogen and oxygen atoms in total. The molecule has 0 aliphatic carbocycles. The van der Waals surface area contributed by atoms with E-state index in [2.05, 4.69) is 10.6 Å². The highest BCUT2D eigenvalue weighted by atomic mass is 127. The van der Waals surface area contributed by atoms with Crippen LogP contribution in [0.4, 0.5) is 5.69 Å². The molecule has 1 amide bonds. The Bertz CT molecular complexity index is 505. The minimum atomic E-state index is -1.05. The second-order valence-corrected chi connectivity index (χ2v) is 5.00. The lowest BCUT2D eigenvalue weighted by atomic mass is 10.2. The van der Waals surface area contributed by atoms with Crippen molar-refractivity contribution in [2.45, 2.75) is 13.3 Å². The van der Waals surface area contributed by atoms with Crippen LogP contribution in [0.1, 0.15) is 23.7 Å². The zero-order chi connectivity index (χ0) is 13.7. The van der Waals surface area contributed by atoms with E-state index in [-0.39, 0.29) is 16.6 Å². The second kappa shape index (κ2) is 6.64. The maximum Gasteiger partial charge on any atom is 0.337 e. The number of amides is 1. The van der Waals surface area contributed by atoms with Gasteiger partial charge in [0, 0.05) is 9.99 Å². The fourth-order valence-corrected chi connectivity index (χ4v) is 1.89. The lowest BCUT2D eigenvalue weighted by Crippen LogP contribution is -2.33. The minimum absolute atomic E-state index is 0.0885. The van der Waals surface area contributed by atoms with Crippen LogP contribution in [0.5, 0.6) is 0 Å². The van der Waals surface area contributed by atoms with E-state index in [0.717, 1.165) is 3.57 Å². The summed E-state index contributed by atoms with van der Waals surface area (Å²) >= 11 is 6.94. The van der Waals surface area contributed by atoms with Gasteiger partial charge in [0.05, 0.1) is 11.3 Å². The standard InChI is InChI=1S/C11H11IN2O3S/c1-2-9(15)14-11(18)13-8-4-3-6(12)5-7(8)10(16)17/h3-5H,2H2,1H3,(H,16,17)(H2,13,14,15,18). The lowest BCUT2D eigenvalue weighted by Gasteiger charge is -2.11. The Kier molecular flexibility index (Phi) is 5.48. The van der Waals surface area contributed by atoms with Gasteiger partial charge in [-0.1, -0.05) is 6.92 Å². The van der Waals surface area contributed by atoms with Crippen LogP contribution in [-0.4, -0.2) is 22.1 Å². The van der Waals surface area contributed by atoms with Crippen molar-refractivity contribution in [3.8, 4) is 0 Å². The van der Waals surface area contributed by atoms with Crippen LogP contribution in [0.2, 0.25) is 0 Å². The summed E-state index contributed by atoms with van der Waals surface area (Å²) < 4.78 is 0.805. The molecule has 0 atom stereocenters. The van der Waals surface area contributed by atoms with Crippen molar-refractivity contribution in [2.24, 2.45) is 0 Å². The number of anilines is 1. The van der Waals surface area contributed by atoms with Crippen LogP contribution in [0.25, 0.3) is 0 Å². The van der Waals surface area contributed by atoms with Gasteiger partial charge >= 0.3 is 5.97 Å². The first-order chi connectivity index (χ1) is 8.43. The molecular formula is C11H11IN2O3S. The van der Waals surface area contributed by atoms with Gasteiger partial charge in [0.25, 0.3) is 0 Å². The second-order valence-electron chi connectivity index (χ2n) is 3.35. The summed E-state index contributed by atoms with van der Waals surface area (Å²) in [5.41, 5.74) is 0.458. The summed E-state index contributed by atoms with van der Waals surface area (Å²) in [5.74, 6) is -1.28. The maximum atomic E-state index is 11.1. The molecule has 0 saturated heterocycles. The molecule has 1 aromatic carbocycles. The third-order valence-electron chi connectivity index (χ3n) is 2.03. The van der Waals surface area contributed by atoms with Crippen LogP contribution in [0, 0.1) is 3.57 Å². The smallest absolute Gasteiger partial charge is 0.337 e. The van der Waals surface area contributed by atoms with E-state index in [1.807, 2.05) is 22.6 Å². The van der Waals surface area contributed by atoms with Crippen molar-refractivity contribution in [1.82, 2.24) is 5.32 Å². The van der Waals surface area contributed by atoms with Gasteiger partial charge in [-0.2, -0.15) is 0 Å². The predicted octanol–water partition coefficient (Wildman–Crippen LogP) is 2.21. The van der Waals surface area contributed by atoms with Gasteiger partial charge in [-0.15, -0.1) is 0 Å². The molecule has 1 aromatic rings. The highest BCUT2D eigenvalue weighted by Crippen LogP contribution is 2.18. The fraction of sp³-hybridized carbons (Fsp3) is 0.182. The Morgan fingerprint density at radius 3 is 2.67 bits per heavy atom. The van der Waals surface area contributed by atoms with E-state index >= 15 is 0 Å². The molecule has 1 rings (SSSR count). The fourth-order valence-electron chi connectivity index (χ4n) is 1.17. The number of nitrogens with one attached hydrogen (secondary N) is 2. The molecule has 0 bridgehead atoms. The molecule has 3 N–H and O–H groups in total. The number of rotatable bonds is 3. The number of carbonyl (C=O) groups excluding carboxylic acids is 1. The minimum Gasteiger partial charge on any atom is -0.478 e. The molecule has 0 saturated carbocycles. The molecule has 18 heavy (non-hydrogen) atoms. The molecule has 0 aliphatic rings. The first-order valence-electron chi connectivity index (χ1n) is 5.07. The molecular weight excluding hydrogens is 367 g/mol. The average molecular weight is 378 g/mol. The van der Waals surface area contributed by atoms with Crippen molar-refractivity contribution in [3.05, 3.63) is 27.3 Å². The number of hydrogen-bond donors (Lipinski definition) is 3. The molecule has 7 heteroatoms. The third kappa shape index (κ3) is 4.22. The SMILES string of the molecule is CCC(=O)NC(=S)Nc1ccc(I)cc1C(=O)O. The topological polar surface area (TPSA) is 78.4 Å². The maximum absolute atomic E-state index is 11.1. The largest absolute Gasteiger partial charge is 0.478 e. The number of halogens is 1. The van der Waals surface area contributed by atoms with Crippen molar-refractivity contribution >= 4 is 57.5 Å². The molecule has 0 heterocycles. The predicted molar refractivity (Wildman–Crippen MR) is 80.8 cm³/mol. The number of carboxylic acid groups (broad SMARTS) is 1. The molecule has 0 unspecified atom stereocenters. The quantitative estimate of drug-likeness (QED) is 0.555. The highest BCUT2D eigenvalue weighted by molar-refractivity contribution is 14.1. The van der Waals surface area contributed by atoms with E-state index in [9.17, 15) is 9.59 Å². The van der Waals surface area contributed by atoms with E-state index in [1.54, 1.807) is 19.1 Å². The summed E-state index contributed by atoms with van der Waals surface area (Å²) in [6, 6.07) is 4.88. The van der Waals surface area contributed by atoms with Gasteiger partial charge in [0.15, 0.2) is 5.11 Å². The summed E-state index contributed by atoms with van der Waals surface area (Å²) in [6.07, 6.45) is 0.306. The Labute approximate surface area is 123 Å². The van der Waals surface area contributed by atoms with Gasteiger partial charge in [0.1, 0.15) is 0 Å². The Morgan fingerprint density at radius 1 is 1.44 bits per heavy atom. The number of carbonyl (C=O) groups is 2. The monoisotopic (exact) mass is 378 g/mol. The van der Waals surface area contributed by atoms with Crippen molar-refractivity contribution in [1.29, 1.82) is 0 Å². The van der Waals surface area contributed by atoms with Crippen molar-refractivity contribution in [3.63, 3.8) is 0 Å². The van der Waals surface area contributed by atoms with Crippen LogP contribution in [0.15, 0.2) is 18.2 Å². The van der Waals surface area contributed by atoms with Gasteiger partial charge in [-0.3, -0.25) is 4.79 Å². The Morgan fingerprint density at radius 2 is 2.11 bits per heavy atom. The van der Waals surface area contributed by atoms with E-state index in [4.69, 9.17) is 17.3 Å². The molecule has 0 fully saturated rings. The number of aromatic carboxylic acids is 1. The Hall–Kier alpha value is -1.22. The van der Waals surface area contributed by atoms with Crippen LogP contribution < -0.4 is 10.6 Å². The third-order valence-corrected chi connectivity index (χ3v) is 2.91. The van der Waals surface area contributed by atoms with Crippen molar-refractivity contribution in [2.75, 3.05) is 5.32 Å². The zero-order valence-electron chi connectivity index (χ0n) is 9.49. The first kappa shape index (κ1) is 14.8. The highest BCUT2D eigenvalue weighted by Gasteiger charge is 2.12. The Balaban J connectivity index is 2.87. The average Bonchev–Trinajstić information content (AvgIpc) is 2.30. The van der Waals surface area contributed by atoms with E-state index in [1.165, 1.54) is 6.07 Å². The molecule has 0 aliphatic heterocycles. The molecule has 0 radical (unpaired) electrons. The summed E-state index contributed by atoms with van der Waals surface area (Å²) in [6.45, 7) is 1.70. The summed E-state index contributed by atoms with van der Waals surface area (Å²) in [7, 11) is 0. The zero-order valence-corrected chi connectivity index (χ0v) is 12.5. The van der Waals surface area contributed by atoms with Crippen LogP contribution in [0.3, 0.4) is 0 Å². The molecule has 0 spiro atoms. The molecule has 0 aromatic heterocycles. The van der Waals surface area contributed by atoms with Gasteiger partial charge in [-0.05, 0) is 53.0 Å². The summed E-state index contributed by atoms with van der Waals surface area (Å²) in [4.78, 5) is 22.2. The molecule has 96 valence electrons. The lowest BCUT2D eigenvalue weighted by molar-refractivity contribution is -0.119. The number of carboxylic acids is 1. The number of thiocarbonyl (C=S) groups is 1. The van der Waals surface area contributed by atoms with Crippen LogP contribution >= 0.6 is 34.8 Å². The van der Waals surface area contributed by atoms with Gasteiger partial charge in [-0.25, -0.2) is 4.79 Å². The number of hydrogen-bond acceptors (Lipinski definition) is 3. The normalized spacial score (nSPS) is 9.67. The van der Waals surface area contributed by atoms with E-state index in [0.29, 0.717) is 12.1 Å². The van der Waals surface area contributed by atoms with Gasteiger partial charge < -0.3 is 15.7 Å².